The average molecular weight is 268 g/mol. The van der Waals surface area contributed by atoms with Crippen molar-refractivity contribution in [2.45, 2.75) is 44.6 Å². The highest BCUT2D eigenvalue weighted by molar-refractivity contribution is 5.85. The largest absolute Gasteiger partial charge is 0.380 e. The molecule has 1 unspecified atom stereocenters. The molecule has 1 N–H and O–H groups in total. The summed E-state index contributed by atoms with van der Waals surface area (Å²) in [7, 11) is 1.76. The van der Waals surface area contributed by atoms with Crippen molar-refractivity contribution < 1.29 is 14.7 Å². The van der Waals surface area contributed by atoms with Gasteiger partial charge in [-0.15, -0.1) is 0 Å². The number of likely N-dealkylation sites (N-methyl/N-ethyl adjacent to an activating group) is 1. The minimum absolute atomic E-state index is 0.103. The first kappa shape index (κ1) is 14.3. The van der Waals surface area contributed by atoms with Crippen LogP contribution in [0.2, 0.25) is 0 Å². The van der Waals surface area contributed by atoms with Crippen LogP contribution in [0.25, 0.3) is 0 Å². The molecule has 1 saturated carbocycles. The van der Waals surface area contributed by atoms with Crippen LogP contribution in [-0.4, -0.2) is 59.0 Å². The average Bonchev–Trinajstić information content (AvgIpc) is 2.98. The third-order valence-corrected chi connectivity index (χ3v) is 4.44. The summed E-state index contributed by atoms with van der Waals surface area (Å²) in [5, 5.41) is 10.3. The van der Waals surface area contributed by atoms with Gasteiger partial charge < -0.3 is 14.9 Å². The van der Waals surface area contributed by atoms with Gasteiger partial charge in [0.15, 0.2) is 0 Å². The summed E-state index contributed by atoms with van der Waals surface area (Å²) in [6, 6.07) is 0. The molecular formula is C14H24N2O3. The van der Waals surface area contributed by atoms with E-state index in [0.717, 1.165) is 32.4 Å². The fraction of sp³-hybridized carbons (Fsp3) is 0.857. The molecule has 1 saturated heterocycles. The van der Waals surface area contributed by atoms with Crippen LogP contribution in [0.3, 0.4) is 0 Å². The highest BCUT2D eigenvalue weighted by Crippen LogP contribution is 2.31. The number of aliphatic hydroxyl groups is 1. The Kier molecular flexibility index (Phi) is 4.13. The second kappa shape index (κ2) is 5.49. The number of carbonyl (C=O) groups is 2. The van der Waals surface area contributed by atoms with Gasteiger partial charge in [0.05, 0.1) is 0 Å². The number of amides is 2. The summed E-state index contributed by atoms with van der Waals surface area (Å²) in [5.41, 5.74) is -1.13. The van der Waals surface area contributed by atoms with Crippen molar-refractivity contribution in [2.75, 3.05) is 26.7 Å². The summed E-state index contributed by atoms with van der Waals surface area (Å²) < 4.78 is 0. The van der Waals surface area contributed by atoms with Gasteiger partial charge in [-0.3, -0.25) is 9.59 Å². The van der Waals surface area contributed by atoms with Gasteiger partial charge >= 0.3 is 0 Å². The Morgan fingerprint density at radius 3 is 2.53 bits per heavy atom. The molecule has 1 heterocycles. The lowest BCUT2D eigenvalue weighted by Gasteiger charge is -2.29. The van der Waals surface area contributed by atoms with Crippen molar-refractivity contribution >= 4 is 11.8 Å². The van der Waals surface area contributed by atoms with Crippen LogP contribution in [0, 0.1) is 5.92 Å². The van der Waals surface area contributed by atoms with Gasteiger partial charge in [0.2, 0.25) is 5.91 Å². The van der Waals surface area contributed by atoms with Crippen molar-refractivity contribution in [3.63, 3.8) is 0 Å². The molecule has 1 aliphatic carbocycles. The minimum Gasteiger partial charge on any atom is -0.380 e. The molecule has 2 rings (SSSR count). The molecule has 0 aromatic heterocycles. The predicted molar refractivity (Wildman–Crippen MR) is 71.4 cm³/mol. The van der Waals surface area contributed by atoms with E-state index in [9.17, 15) is 14.7 Å². The van der Waals surface area contributed by atoms with E-state index in [1.165, 1.54) is 0 Å². The molecule has 5 heteroatoms. The Labute approximate surface area is 114 Å². The molecule has 19 heavy (non-hydrogen) atoms. The van der Waals surface area contributed by atoms with Crippen LogP contribution in [0.4, 0.5) is 0 Å². The van der Waals surface area contributed by atoms with Gasteiger partial charge in [0.25, 0.3) is 5.91 Å². The molecule has 2 aliphatic rings. The number of likely N-dealkylation sites (tertiary alicyclic amines) is 1. The topological polar surface area (TPSA) is 60.9 Å². The van der Waals surface area contributed by atoms with Crippen LogP contribution < -0.4 is 0 Å². The maximum atomic E-state index is 12.3. The molecule has 0 radical (unpaired) electrons. The predicted octanol–water partition coefficient (Wildman–Crippen LogP) is 0.618. The Morgan fingerprint density at radius 1 is 1.37 bits per heavy atom. The monoisotopic (exact) mass is 268 g/mol. The third kappa shape index (κ3) is 3.08. The lowest BCUT2D eigenvalue weighted by molar-refractivity contribution is -0.149. The van der Waals surface area contributed by atoms with Crippen LogP contribution in [0.15, 0.2) is 0 Å². The van der Waals surface area contributed by atoms with Crippen LogP contribution in [-0.2, 0) is 9.59 Å². The lowest BCUT2D eigenvalue weighted by Crippen LogP contribution is -2.47. The smallest absolute Gasteiger partial charge is 0.254 e. The van der Waals surface area contributed by atoms with E-state index >= 15 is 0 Å². The maximum absolute atomic E-state index is 12.3. The van der Waals surface area contributed by atoms with Crippen LogP contribution in [0.5, 0.6) is 0 Å². The minimum atomic E-state index is -1.13. The van der Waals surface area contributed by atoms with Crippen LogP contribution in [0.1, 0.15) is 39.0 Å². The Morgan fingerprint density at radius 2 is 2.00 bits per heavy atom. The van der Waals surface area contributed by atoms with E-state index in [1.807, 2.05) is 4.90 Å². The molecule has 1 atom stereocenters. The van der Waals surface area contributed by atoms with E-state index < -0.39 is 5.60 Å². The molecule has 0 aromatic carbocycles. The van der Waals surface area contributed by atoms with Crippen molar-refractivity contribution in [1.29, 1.82) is 0 Å². The summed E-state index contributed by atoms with van der Waals surface area (Å²) in [5.74, 6) is 0.292. The summed E-state index contributed by atoms with van der Waals surface area (Å²) >= 11 is 0. The molecule has 0 spiro atoms. The number of carbonyl (C=O) groups excluding carboxylic acids is 2. The molecular weight excluding hydrogens is 244 g/mol. The number of hydrogen-bond acceptors (Lipinski definition) is 3. The van der Waals surface area contributed by atoms with E-state index in [2.05, 4.69) is 0 Å². The third-order valence-electron chi connectivity index (χ3n) is 4.44. The summed E-state index contributed by atoms with van der Waals surface area (Å²) in [4.78, 5) is 27.0. The second-order valence-corrected chi connectivity index (χ2v) is 6.04. The van der Waals surface area contributed by atoms with E-state index in [-0.39, 0.29) is 11.8 Å². The molecule has 1 aliphatic heterocycles. The number of rotatable bonds is 3. The highest BCUT2D eigenvalue weighted by atomic mass is 16.3. The summed E-state index contributed by atoms with van der Waals surface area (Å²) in [6.07, 6.45) is 3.96. The van der Waals surface area contributed by atoms with Crippen LogP contribution >= 0.6 is 0 Å². The SMILES string of the molecule is CC(=O)N1CCC(CN(C)C(=O)C2(O)CCCC2)C1. The van der Waals surface area contributed by atoms with E-state index in [0.29, 0.717) is 25.3 Å². The zero-order valence-electron chi connectivity index (χ0n) is 11.9. The first-order valence-corrected chi connectivity index (χ1v) is 7.16. The van der Waals surface area contributed by atoms with Gasteiger partial charge in [0, 0.05) is 33.6 Å². The van der Waals surface area contributed by atoms with Gasteiger partial charge in [-0.2, -0.15) is 0 Å². The number of nitrogens with zero attached hydrogens (tertiary/aromatic N) is 2. The zero-order valence-corrected chi connectivity index (χ0v) is 11.9. The Hall–Kier alpha value is -1.10. The zero-order chi connectivity index (χ0) is 14.0. The molecule has 0 bridgehead atoms. The molecule has 5 nitrogen and oxygen atoms in total. The first-order valence-electron chi connectivity index (χ1n) is 7.16. The van der Waals surface area contributed by atoms with Crippen molar-refractivity contribution in [1.82, 2.24) is 9.80 Å². The normalized spacial score (nSPS) is 25.6. The lowest BCUT2D eigenvalue weighted by atomic mass is 9.99. The Balaban J connectivity index is 1.86. The van der Waals surface area contributed by atoms with E-state index in [4.69, 9.17) is 0 Å². The van der Waals surface area contributed by atoms with E-state index in [1.54, 1.807) is 18.9 Å². The standard InChI is InChI=1S/C14H24N2O3/c1-11(17)16-8-5-12(10-16)9-15(2)13(18)14(19)6-3-4-7-14/h12,19H,3-10H2,1-2H3. The maximum Gasteiger partial charge on any atom is 0.254 e. The fourth-order valence-corrected chi connectivity index (χ4v) is 3.27. The second-order valence-electron chi connectivity index (χ2n) is 6.04. The van der Waals surface area contributed by atoms with Crippen molar-refractivity contribution in [3.05, 3.63) is 0 Å². The van der Waals surface area contributed by atoms with Crippen molar-refractivity contribution in [3.8, 4) is 0 Å². The molecule has 108 valence electrons. The van der Waals surface area contributed by atoms with Gasteiger partial charge in [0.1, 0.15) is 5.60 Å². The fourth-order valence-electron chi connectivity index (χ4n) is 3.27. The molecule has 0 aromatic rings. The number of hydrogen-bond donors (Lipinski definition) is 1. The van der Waals surface area contributed by atoms with Gasteiger partial charge in [-0.05, 0) is 38.0 Å². The van der Waals surface area contributed by atoms with Gasteiger partial charge in [-0.1, -0.05) is 0 Å². The molecule has 2 fully saturated rings. The Bertz CT molecular complexity index is 364. The molecule has 2 amide bonds. The van der Waals surface area contributed by atoms with Gasteiger partial charge in [-0.25, -0.2) is 0 Å². The first-order chi connectivity index (χ1) is 8.92. The highest BCUT2D eigenvalue weighted by Gasteiger charge is 2.41. The quantitative estimate of drug-likeness (QED) is 0.816. The van der Waals surface area contributed by atoms with Crippen molar-refractivity contribution in [2.24, 2.45) is 5.92 Å². The summed E-state index contributed by atoms with van der Waals surface area (Å²) in [6.45, 7) is 3.72.